The van der Waals surface area contributed by atoms with E-state index in [1.807, 2.05) is 6.07 Å². The molecule has 100 valence electrons. The van der Waals surface area contributed by atoms with Crippen LogP contribution in [0.15, 0.2) is 30.3 Å². The summed E-state index contributed by atoms with van der Waals surface area (Å²) < 4.78 is 11.6. The molecular weight excluding hydrogens is 238 g/mol. The average Bonchev–Trinajstić information content (AvgIpc) is 2.92. The van der Waals surface area contributed by atoms with Gasteiger partial charge in [-0.15, -0.1) is 0 Å². The van der Waals surface area contributed by atoms with Gasteiger partial charge in [0.1, 0.15) is 0 Å². The lowest BCUT2D eigenvalue weighted by molar-refractivity contribution is -0.184. The molecule has 0 unspecified atom stereocenters. The molecule has 1 heterocycles. The van der Waals surface area contributed by atoms with Gasteiger partial charge in [-0.2, -0.15) is 0 Å². The third-order valence-electron chi connectivity index (χ3n) is 4.55. The molecule has 1 aromatic rings. The predicted molar refractivity (Wildman–Crippen MR) is 72.7 cm³/mol. The zero-order valence-electron chi connectivity index (χ0n) is 11.1. The van der Waals surface area contributed by atoms with Crippen molar-refractivity contribution in [1.82, 2.24) is 0 Å². The van der Waals surface area contributed by atoms with E-state index in [0.29, 0.717) is 19.8 Å². The topological polar surface area (TPSA) is 22.8 Å². The molecule has 0 radical (unpaired) electrons. The molecule has 0 amide bonds. The average molecular weight is 257 g/mol. The van der Waals surface area contributed by atoms with Crippen LogP contribution >= 0.6 is 0 Å². The maximum atomic E-state index is 7.28. The summed E-state index contributed by atoms with van der Waals surface area (Å²) in [5.74, 6) is -0.347. The van der Waals surface area contributed by atoms with Crippen molar-refractivity contribution in [2.75, 3.05) is 19.8 Å². The lowest BCUT2D eigenvalue weighted by atomic mass is 9.68. The third kappa shape index (κ3) is 2.27. The Kier molecular flexibility index (Phi) is 3.30. The Morgan fingerprint density at radius 1 is 1.00 bits per heavy atom. The van der Waals surface area contributed by atoms with Crippen molar-refractivity contribution in [2.45, 2.75) is 36.9 Å². The van der Waals surface area contributed by atoms with Gasteiger partial charge in [0.15, 0.2) is 5.79 Å². The summed E-state index contributed by atoms with van der Waals surface area (Å²) in [5, 5.41) is 0. The van der Waals surface area contributed by atoms with Crippen LogP contribution in [0.3, 0.4) is 0 Å². The zero-order valence-corrected chi connectivity index (χ0v) is 11.1. The van der Waals surface area contributed by atoms with Crippen molar-refractivity contribution in [3.8, 4) is 0 Å². The summed E-state index contributed by atoms with van der Waals surface area (Å²) in [4.78, 5) is 3.69. The Bertz CT molecular complexity index is 461. The lowest BCUT2D eigenvalue weighted by Gasteiger charge is -2.41. The van der Waals surface area contributed by atoms with Crippen molar-refractivity contribution in [3.05, 3.63) is 47.3 Å². The van der Waals surface area contributed by atoms with Crippen LogP contribution in [0.5, 0.6) is 0 Å². The van der Waals surface area contributed by atoms with Gasteiger partial charge in [-0.25, -0.2) is 6.57 Å². The van der Waals surface area contributed by atoms with Crippen molar-refractivity contribution < 1.29 is 9.47 Å². The molecule has 0 N–H and O–H groups in total. The molecule has 3 heteroatoms. The highest BCUT2D eigenvalue weighted by Crippen LogP contribution is 2.46. The second-order valence-electron chi connectivity index (χ2n) is 5.57. The molecule has 1 saturated carbocycles. The van der Waals surface area contributed by atoms with Gasteiger partial charge in [0.05, 0.1) is 18.6 Å². The fourth-order valence-corrected chi connectivity index (χ4v) is 3.38. The van der Waals surface area contributed by atoms with Crippen LogP contribution in [-0.2, 0) is 14.9 Å². The second-order valence-corrected chi connectivity index (χ2v) is 5.57. The van der Waals surface area contributed by atoms with Gasteiger partial charge in [-0.05, 0) is 18.4 Å². The smallest absolute Gasteiger partial charge is 0.224 e. The van der Waals surface area contributed by atoms with E-state index in [1.54, 1.807) is 0 Å². The number of rotatable bonds is 2. The number of benzene rings is 1. The van der Waals surface area contributed by atoms with E-state index in [-0.39, 0.29) is 11.2 Å². The molecule has 0 aromatic heterocycles. The molecule has 1 aliphatic carbocycles. The standard InChI is InChI=1S/C16H19NO2/c1-17-13-15(14-5-3-2-4-6-14)7-9-16(10-8-15)18-11-12-19-16/h2-6H,7-13H2. The molecule has 1 saturated heterocycles. The highest BCUT2D eigenvalue weighted by molar-refractivity contribution is 5.28. The van der Waals surface area contributed by atoms with E-state index in [0.717, 1.165) is 25.7 Å². The monoisotopic (exact) mass is 257 g/mol. The first-order chi connectivity index (χ1) is 9.29. The van der Waals surface area contributed by atoms with Crippen LogP contribution < -0.4 is 0 Å². The van der Waals surface area contributed by atoms with E-state index in [4.69, 9.17) is 16.0 Å². The number of hydrogen-bond donors (Lipinski definition) is 0. The van der Waals surface area contributed by atoms with E-state index in [2.05, 4.69) is 29.1 Å². The summed E-state index contributed by atoms with van der Waals surface area (Å²) in [7, 11) is 0. The Hall–Kier alpha value is -1.37. The fraction of sp³-hybridized carbons (Fsp3) is 0.562. The third-order valence-corrected chi connectivity index (χ3v) is 4.55. The molecule has 1 aliphatic heterocycles. The van der Waals surface area contributed by atoms with Crippen LogP contribution in [0, 0.1) is 6.57 Å². The number of hydrogen-bond acceptors (Lipinski definition) is 2. The first-order valence-electron chi connectivity index (χ1n) is 6.95. The van der Waals surface area contributed by atoms with Gasteiger partial charge in [0.2, 0.25) is 6.54 Å². The van der Waals surface area contributed by atoms with Crippen LogP contribution in [0.1, 0.15) is 31.2 Å². The summed E-state index contributed by atoms with van der Waals surface area (Å²) in [6.45, 7) is 9.26. The molecule has 2 aliphatic rings. The Labute approximate surface area is 114 Å². The maximum absolute atomic E-state index is 7.28. The van der Waals surface area contributed by atoms with Gasteiger partial charge >= 0.3 is 0 Å². The quantitative estimate of drug-likeness (QED) is 0.759. The van der Waals surface area contributed by atoms with E-state index in [9.17, 15) is 0 Å². The largest absolute Gasteiger partial charge is 0.348 e. The minimum absolute atomic E-state index is 0.0103. The molecule has 1 spiro atoms. The van der Waals surface area contributed by atoms with Crippen molar-refractivity contribution in [3.63, 3.8) is 0 Å². The van der Waals surface area contributed by atoms with Crippen molar-refractivity contribution >= 4 is 0 Å². The normalized spacial score (nSPS) is 24.2. The molecule has 0 atom stereocenters. The minimum Gasteiger partial charge on any atom is -0.348 e. The summed E-state index contributed by atoms with van der Waals surface area (Å²) in [6, 6.07) is 10.5. The Morgan fingerprint density at radius 3 is 2.21 bits per heavy atom. The van der Waals surface area contributed by atoms with Gasteiger partial charge < -0.3 is 14.3 Å². The van der Waals surface area contributed by atoms with Crippen molar-refractivity contribution in [2.24, 2.45) is 0 Å². The lowest BCUT2D eigenvalue weighted by Crippen LogP contribution is -2.43. The number of ether oxygens (including phenoxy) is 2. The summed E-state index contributed by atoms with van der Waals surface area (Å²) in [5.41, 5.74) is 1.28. The van der Waals surface area contributed by atoms with Crippen LogP contribution in [0.4, 0.5) is 0 Å². The number of nitrogens with zero attached hydrogens (tertiary/aromatic N) is 1. The Balaban J connectivity index is 1.83. The van der Waals surface area contributed by atoms with Gasteiger partial charge in [0, 0.05) is 12.8 Å². The molecule has 19 heavy (non-hydrogen) atoms. The van der Waals surface area contributed by atoms with Gasteiger partial charge in [0.25, 0.3) is 0 Å². The SMILES string of the molecule is [C-]#[N+]CC1(c2ccccc2)CCC2(CC1)OCCO2. The highest BCUT2D eigenvalue weighted by atomic mass is 16.7. The van der Waals surface area contributed by atoms with E-state index >= 15 is 0 Å². The first kappa shape index (κ1) is 12.7. The first-order valence-corrected chi connectivity index (χ1v) is 6.95. The Morgan fingerprint density at radius 2 is 1.63 bits per heavy atom. The molecule has 2 fully saturated rings. The van der Waals surface area contributed by atoms with E-state index < -0.39 is 0 Å². The van der Waals surface area contributed by atoms with Crippen LogP contribution in [0.2, 0.25) is 0 Å². The van der Waals surface area contributed by atoms with Gasteiger partial charge in [-0.1, -0.05) is 30.3 Å². The molecular formula is C16H19NO2. The van der Waals surface area contributed by atoms with E-state index in [1.165, 1.54) is 5.56 Å². The van der Waals surface area contributed by atoms with Crippen molar-refractivity contribution in [1.29, 1.82) is 0 Å². The zero-order chi connectivity index (χ0) is 13.2. The molecule has 0 bridgehead atoms. The van der Waals surface area contributed by atoms with Crippen LogP contribution in [0.25, 0.3) is 4.85 Å². The van der Waals surface area contributed by atoms with Crippen LogP contribution in [-0.4, -0.2) is 25.5 Å². The molecule has 3 nitrogen and oxygen atoms in total. The molecule has 3 rings (SSSR count). The summed E-state index contributed by atoms with van der Waals surface area (Å²) >= 11 is 0. The van der Waals surface area contributed by atoms with Gasteiger partial charge in [-0.3, -0.25) is 0 Å². The highest BCUT2D eigenvalue weighted by Gasteiger charge is 2.48. The predicted octanol–water partition coefficient (Wildman–Crippen LogP) is 3.16. The minimum atomic E-state index is -0.347. The second kappa shape index (κ2) is 4.96. The fourth-order valence-electron chi connectivity index (χ4n) is 3.38. The maximum Gasteiger partial charge on any atom is 0.224 e. The molecule has 1 aromatic carbocycles. The summed E-state index contributed by atoms with van der Waals surface area (Å²) in [6.07, 6.45) is 3.74.